The Kier molecular flexibility index (Phi) is 3.33. The van der Waals surface area contributed by atoms with E-state index in [4.69, 9.17) is 34.8 Å². The van der Waals surface area contributed by atoms with Gasteiger partial charge in [0.25, 0.3) is 0 Å². The van der Waals surface area contributed by atoms with Gasteiger partial charge in [0.1, 0.15) is 0 Å². The van der Waals surface area contributed by atoms with Crippen LogP contribution in [0.15, 0.2) is 0 Å². The van der Waals surface area contributed by atoms with E-state index in [0.717, 1.165) is 16.6 Å². The minimum atomic E-state index is -1.51. The largest absolute Gasteiger partial charge is 0.327 e. The van der Waals surface area contributed by atoms with Crippen molar-refractivity contribution < 1.29 is 0 Å². The molecule has 18 heavy (non-hydrogen) atoms. The van der Waals surface area contributed by atoms with Gasteiger partial charge in [-0.1, -0.05) is 34.8 Å². The van der Waals surface area contributed by atoms with Gasteiger partial charge >= 0.3 is 0 Å². The van der Waals surface area contributed by atoms with Gasteiger partial charge in [-0.2, -0.15) is 0 Å². The van der Waals surface area contributed by atoms with Crippen LogP contribution in [-0.2, 0) is 10.8 Å². The highest BCUT2D eigenvalue weighted by Gasteiger charge is 2.30. The maximum Gasteiger partial charge on any atom is 0.248 e. The Labute approximate surface area is 122 Å². The van der Waals surface area contributed by atoms with Crippen molar-refractivity contribution in [3.63, 3.8) is 0 Å². The molecule has 0 aliphatic carbocycles. The summed E-state index contributed by atoms with van der Waals surface area (Å²) < 4.78 is 0.367. The summed E-state index contributed by atoms with van der Waals surface area (Å²) in [7, 11) is 1.88. The summed E-state index contributed by atoms with van der Waals surface area (Å²) in [6.45, 7) is 8.34. The first-order chi connectivity index (χ1) is 8.16. The normalized spacial score (nSPS) is 12.4. The summed E-state index contributed by atoms with van der Waals surface area (Å²) in [4.78, 5) is 4.51. The summed E-state index contributed by atoms with van der Waals surface area (Å²) in [5, 5.41) is 0. The smallest absolute Gasteiger partial charge is 0.248 e. The quantitative estimate of drug-likeness (QED) is 0.649. The first-order valence-corrected chi connectivity index (χ1v) is 6.79. The lowest BCUT2D eigenvalue weighted by Gasteiger charge is -2.12. The van der Waals surface area contributed by atoms with Crippen LogP contribution in [0, 0.1) is 27.7 Å². The van der Waals surface area contributed by atoms with Crippen LogP contribution in [0.25, 0.3) is 11.0 Å². The highest BCUT2D eigenvalue weighted by Crippen LogP contribution is 2.40. The van der Waals surface area contributed by atoms with Crippen molar-refractivity contribution >= 4 is 45.8 Å². The summed E-state index contributed by atoms with van der Waals surface area (Å²) >= 11 is 17.9. The van der Waals surface area contributed by atoms with Crippen LogP contribution in [0.2, 0.25) is 0 Å². The number of aromatic nitrogens is 2. The first-order valence-electron chi connectivity index (χ1n) is 5.66. The molecule has 0 fully saturated rings. The molecule has 5 heteroatoms. The van der Waals surface area contributed by atoms with Gasteiger partial charge in [0.15, 0.2) is 5.82 Å². The molecule has 0 saturated heterocycles. The molecule has 0 bridgehead atoms. The van der Waals surface area contributed by atoms with Crippen molar-refractivity contribution in [2.24, 2.45) is 7.05 Å². The van der Waals surface area contributed by atoms with E-state index >= 15 is 0 Å². The van der Waals surface area contributed by atoms with Gasteiger partial charge in [0.05, 0.1) is 11.0 Å². The van der Waals surface area contributed by atoms with Crippen LogP contribution in [0.3, 0.4) is 0 Å². The Bertz CT molecular complexity index is 636. The summed E-state index contributed by atoms with van der Waals surface area (Å²) in [5.41, 5.74) is 6.79. The molecule has 1 aromatic heterocycles. The lowest BCUT2D eigenvalue weighted by molar-refractivity contribution is 0.839. The molecule has 0 saturated carbocycles. The number of rotatable bonds is 0. The molecule has 0 atom stereocenters. The number of fused-ring (bicyclic) bond motifs is 1. The number of aryl methyl sites for hydroxylation is 3. The van der Waals surface area contributed by atoms with E-state index in [9.17, 15) is 0 Å². The number of alkyl halides is 3. The third kappa shape index (κ3) is 1.91. The lowest BCUT2D eigenvalue weighted by atomic mass is 9.97. The fraction of sp³-hybridized carbons (Fsp3) is 0.462. The Morgan fingerprint density at radius 2 is 1.39 bits per heavy atom. The molecule has 2 rings (SSSR count). The second-order valence-corrected chi connectivity index (χ2v) is 6.97. The highest BCUT2D eigenvalue weighted by atomic mass is 35.6. The third-order valence-electron chi connectivity index (χ3n) is 3.75. The standard InChI is InChI=1S/C13H15Cl3N2/c1-6-7(2)9(4)11-10(8(6)3)17-12(18(11)5)13(14,15)16/h1-5H3. The molecule has 0 radical (unpaired) electrons. The topological polar surface area (TPSA) is 17.8 Å². The predicted molar refractivity (Wildman–Crippen MR) is 78.9 cm³/mol. The monoisotopic (exact) mass is 304 g/mol. The minimum Gasteiger partial charge on any atom is -0.327 e. The zero-order valence-corrected chi connectivity index (χ0v) is 13.3. The molecule has 0 N–H and O–H groups in total. The molecule has 98 valence electrons. The van der Waals surface area contributed by atoms with Gasteiger partial charge in [0.2, 0.25) is 3.79 Å². The maximum atomic E-state index is 5.97. The molecule has 1 heterocycles. The van der Waals surface area contributed by atoms with Crippen molar-refractivity contribution in [2.75, 3.05) is 0 Å². The SMILES string of the molecule is Cc1c(C)c(C)c2c(nc(C(Cl)(Cl)Cl)n2C)c1C. The Morgan fingerprint density at radius 1 is 0.889 bits per heavy atom. The molecule has 0 aliphatic heterocycles. The molecule has 0 unspecified atom stereocenters. The highest BCUT2D eigenvalue weighted by molar-refractivity contribution is 6.66. The van der Waals surface area contributed by atoms with E-state index in [1.807, 2.05) is 11.6 Å². The van der Waals surface area contributed by atoms with Crippen LogP contribution < -0.4 is 0 Å². The fourth-order valence-electron chi connectivity index (χ4n) is 2.36. The number of imidazole rings is 1. The number of nitrogens with zero attached hydrogens (tertiary/aromatic N) is 2. The average molecular weight is 306 g/mol. The van der Waals surface area contributed by atoms with Crippen molar-refractivity contribution in [2.45, 2.75) is 31.5 Å². The molecule has 1 aromatic carbocycles. The van der Waals surface area contributed by atoms with E-state index in [-0.39, 0.29) is 0 Å². The Hall–Kier alpha value is -0.440. The summed E-state index contributed by atoms with van der Waals surface area (Å²) in [6.07, 6.45) is 0. The van der Waals surface area contributed by atoms with E-state index in [1.54, 1.807) is 0 Å². The van der Waals surface area contributed by atoms with Gasteiger partial charge in [-0.3, -0.25) is 0 Å². The maximum absolute atomic E-state index is 5.97. The molecule has 2 aromatic rings. The molecule has 0 spiro atoms. The molecule has 2 nitrogen and oxygen atoms in total. The van der Waals surface area contributed by atoms with Crippen molar-refractivity contribution in [1.29, 1.82) is 0 Å². The van der Waals surface area contributed by atoms with E-state index in [0.29, 0.717) is 5.82 Å². The van der Waals surface area contributed by atoms with E-state index in [1.165, 1.54) is 16.7 Å². The zero-order valence-electron chi connectivity index (χ0n) is 11.0. The number of benzene rings is 1. The minimum absolute atomic E-state index is 0.457. The van der Waals surface area contributed by atoms with Gasteiger partial charge in [0, 0.05) is 7.05 Å². The number of hydrogen-bond acceptors (Lipinski definition) is 1. The van der Waals surface area contributed by atoms with Crippen molar-refractivity contribution in [3.8, 4) is 0 Å². The van der Waals surface area contributed by atoms with Crippen LogP contribution >= 0.6 is 34.8 Å². The van der Waals surface area contributed by atoms with Gasteiger partial charge in [-0.15, -0.1) is 0 Å². The van der Waals surface area contributed by atoms with Crippen LogP contribution in [-0.4, -0.2) is 9.55 Å². The molecule has 0 aliphatic rings. The summed E-state index contributed by atoms with van der Waals surface area (Å²) in [6, 6.07) is 0. The van der Waals surface area contributed by atoms with Crippen LogP contribution in [0.4, 0.5) is 0 Å². The third-order valence-corrected chi connectivity index (χ3v) is 4.25. The van der Waals surface area contributed by atoms with Gasteiger partial charge < -0.3 is 4.57 Å². The Morgan fingerprint density at radius 3 is 1.89 bits per heavy atom. The van der Waals surface area contributed by atoms with E-state index in [2.05, 4.69) is 32.7 Å². The van der Waals surface area contributed by atoms with Crippen LogP contribution in [0.1, 0.15) is 28.1 Å². The molecular weight excluding hydrogens is 291 g/mol. The average Bonchev–Trinajstić information content (AvgIpc) is 2.61. The first kappa shape index (κ1) is 14.0. The zero-order chi connectivity index (χ0) is 13.8. The molecular formula is C13H15Cl3N2. The summed E-state index contributed by atoms with van der Waals surface area (Å²) in [5.74, 6) is 0.457. The second-order valence-electron chi connectivity index (χ2n) is 4.69. The van der Waals surface area contributed by atoms with Crippen molar-refractivity contribution in [1.82, 2.24) is 9.55 Å². The molecule has 0 amide bonds. The Balaban J connectivity index is 2.98. The fourth-order valence-corrected chi connectivity index (χ4v) is 2.87. The lowest BCUT2D eigenvalue weighted by Crippen LogP contribution is -2.09. The number of hydrogen-bond donors (Lipinski definition) is 0. The second kappa shape index (κ2) is 4.29. The van der Waals surface area contributed by atoms with Gasteiger partial charge in [-0.05, 0) is 49.9 Å². The van der Waals surface area contributed by atoms with Crippen LogP contribution in [0.5, 0.6) is 0 Å². The van der Waals surface area contributed by atoms with E-state index < -0.39 is 3.79 Å². The van der Waals surface area contributed by atoms with Gasteiger partial charge in [-0.25, -0.2) is 4.98 Å². The predicted octanol–water partition coefficient (Wildman–Crippen LogP) is 4.63. The van der Waals surface area contributed by atoms with Crippen molar-refractivity contribution in [3.05, 3.63) is 28.1 Å². The number of halogens is 3.